The third-order valence-corrected chi connectivity index (χ3v) is 4.68. The standard InChI is InChI=1S/C22H15ClN2O2/c23-16-8-7-15(19(12-16)22(26)27)11-14-6-9-21(25-13-14)17-3-1-5-20-18(17)4-2-10-24-20/h1-10,12-13H,11H2,(H,26,27). The van der Waals surface area contributed by atoms with Gasteiger partial charge in [-0.25, -0.2) is 4.79 Å². The van der Waals surface area contributed by atoms with E-state index in [9.17, 15) is 9.90 Å². The highest BCUT2D eigenvalue weighted by molar-refractivity contribution is 6.31. The van der Waals surface area contributed by atoms with Gasteiger partial charge in [0, 0.05) is 28.4 Å². The molecule has 0 unspecified atom stereocenters. The second-order valence-corrected chi connectivity index (χ2v) is 6.65. The molecule has 2 heterocycles. The van der Waals surface area contributed by atoms with Crippen molar-refractivity contribution in [2.75, 3.05) is 0 Å². The maximum atomic E-state index is 11.4. The van der Waals surface area contributed by atoms with Gasteiger partial charge in [0.1, 0.15) is 0 Å². The number of aromatic nitrogens is 2. The molecule has 2 aromatic carbocycles. The molecule has 0 aliphatic heterocycles. The lowest BCUT2D eigenvalue weighted by Crippen LogP contribution is -2.03. The second-order valence-electron chi connectivity index (χ2n) is 6.21. The Morgan fingerprint density at radius 1 is 1.00 bits per heavy atom. The summed E-state index contributed by atoms with van der Waals surface area (Å²) in [6.07, 6.45) is 4.03. The molecule has 4 nitrogen and oxygen atoms in total. The van der Waals surface area contributed by atoms with Crippen LogP contribution in [-0.2, 0) is 6.42 Å². The van der Waals surface area contributed by atoms with E-state index in [1.54, 1.807) is 24.5 Å². The Morgan fingerprint density at radius 3 is 2.67 bits per heavy atom. The van der Waals surface area contributed by atoms with E-state index >= 15 is 0 Å². The number of carboxylic acids is 1. The van der Waals surface area contributed by atoms with Crippen molar-refractivity contribution in [1.82, 2.24) is 9.97 Å². The van der Waals surface area contributed by atoms with E-state index in [1.807, 2.05) is 42.5 Å². The average molecular weight is 375 g/mol. The van der Waals surface area contributed by atoms with Crippen LogP contribution >= 0.6 is 11.6 Å². The third-order valence-electron chi connectivity index (χ3n) is 4.44. The van der Waals surface area contributed by atoms with Crippen LogP contribution in [0.15, 0.2) is 73.1 Å². The summed E-state index contributed by atoms with van der Waals surface area (Å²) >= 11 is 5.92. The lowest BCUT2D eigenvalue weighted by molar-refractivity contribution is 0.0696. The first-order valence-corrected chi connectivity index (χ1v) is 8.80. The largest absolute Gasteiger partial charge is 0.478 e. The first-order valence-electron chi connectivity index (χ1n) is 8.42. The molecule has 0 radical (unpaired) electrons. The zero-order valence-corrected chi connectivity index (χ0v) is 15.0. The maximum Gasteiger partial charge on any atom is 0.336 e. The molecule has 27 heavy (non-hydrogen) atoms. The van der Waals surface area contributed by atoms with Gasteiger partial charge in [0.15, 0.2) is 0 Å². The van der Waals surface area contributed by atoms with Gasteiger partial charge in [-0.1, -0.05) is 41.9 Å². The lowest BCUT2D eigenvalue weighted by Gasteiger charge is -2.09. The number of carboxylic acid groups (broad SMARTS) is 1. The summed E-state index contributed by atoms with van der Waals surface area (Å²) in [5, 5.41) is 10.8. The van der Waals surface area contributed by atoms with Gasteiger partial charge < -0.3 is 5.11 Å². The van der Waals surface area contributed by atoms with Gasteiger partial charge in [0.05, 0.1) is 16.8 Å². The summed E-state index contributed by atoms with van der Waals surface area (Å²) in [7, 11) is 0. The van der Waals surface area contributed by atoms with Crippen LogP contribution in [0.3, 0.4) is 0 Å². The number of carbonyl (C=O) groups is 1. The van der Waals surface area contributed by atoms with Gasteiger partial charge >= 0.3 is 5.97 Å². The highest BCUT2D eigenvalue weighted by Crippen LogP contribution is 2.26. The van der Waals surface area contributed by atoms with Gasteiger partial charge in [-0.15, -0.1) is 0 Å². The third kappa shape index (κ3) is 3.52. The van der Waals surface area contributed by atoms with Crippen LogP contribution in [0, 0.1) is 0 Å². The number of halogens is 1. The van der Waals surface area contributed by atoms with E-state index < -0.39 is 5.97 Å². The molecule has 4 rings (SSSR count). The van der Waals surface area contributed by atoms with Crippen molar-refractivity contribution in [2.45, 2.75) is 6.42 Å². The number of rotatable bonds is 4. The predicted octanol–water partition coefficient (Wildman–Crippen LogP) is 5.24. The predicted molar refractivity (Wildman–Crippen MR) is 106 cm³/mol. The van der Waals surface area contributed by atoms with E-state index in [0.717, 1.165) is 27.7 Å². The average Bonchev–Trinajstić information content (AvgIpc) is 2.69. The van der Waals surface area contributed by atoms with Gasteiger partial charge in [-0.3, -0.25) is 9.97 Å². The van der Waals surface area contributed by atoms with Crippen molar-refractivity contribution >= 4 is 28.5 Å². The van der Waals surface area contributed by atoms with E-state index in [2.05, 4.69) is 9.97 Å². The molecule has 0 aliphatic carbocycles. The van der Waals surface area contributed by atoms with Gasteiger partial charge in [-0.05, 0) is 47.9 Å². The van der Waals surface area contributed by atoms with Crippen molar-refractivity contribution in [3.63, 3.8) is 0 Å². The highest BCUT2D eigenvalue weighted by Gasteiger charge is 2.12. The smallest absolute Gasteiger partial charge is 0.336 e. The molecule has 0 saturated heterocycles. The van der Waals surface area contributed by atoms with Crippen molar-refractivity contribution in [3.8, 4) is 11.3 Å². The van der Waals surface area contributed by atoms with Crippen molar-refractivity contribution < 1.29 is 9.90 Å². The van der Waals surface area contributed by atoms with Gasteiger partial charge in [-0.2, -0.15) is 0 Å². The zero-order chi connectivity index (χ0) is 18.8. The summed E-state index contributed by atoms with van der Waals surface area (Å²) < 4.78 is 0. The topological polar surface area (TPSA) is 63.1 Å². The number of fused-ring (bicyclic) bond motifs is 1. The Bertz CT molecular complexity index is 1140. The van der Waals surface area contributed by atoms with Crippen LogP contribution in [0.2, 0.25) is 5.02 Å². The summed E-state index contributed by atoms with van der Waals surface area (Å²) in [5.74, 6) is -0.986. The first-order chi connectivity index (χ1) is 13.1. The highest BCUT2D eigenvalue weighted by atomic mass is 35.5. The normalized spacial score (nSPS) is 10.9. The van der Waals surface area contributed by atoms with Crippen molar-refractivity contribution in [3.05, 3.63) is 94.8 Å². The molecular formula is C22H15ClN2O2. The van der Waals surface area contributed by atoms with Crippen molar-refractivity contribution in [1.29, 1.82) is 0 Å². The van der Waals surface area contributed by atoms with Crippen LogP contribution in [0.25, 0.3) is 22.2 Å². The fourth-order valence-corrected chi connectivity index (χ4v) is 3.31. The van der Waals surface area contributed by atoms with E-state index in [4.69, 9.17) is 11.6 Å². The Hall–Kier alpha value is -3.24. The van der Waals surface area contributed by atoms with Crippen LogP contribution in [0.5, 0.6) is 0 Å². The van der Waals surface area contributed by atoms with E-state index in [-0.39, 0.29) is 5.56 Å². The molecule has 0 aliphatic rings. The van der Waals surface area contributed by atoms with Crippen LogP contribution < -0.4 is 0 Å². The quantitative estimate of drug-likeness (QED) is 0.530. The number of hydrogen-bond donors (Lipinski definition) is 1. The van der Waals surface area contributed by atoms with Crippen LogP contribution in [0.1, 0.15) is 21.5 Å². The fourth-order valence-electron chi connectivity index (χ4n) is 3.14. The minimum absolute atomic E-state index is 0.215. The SMILES string of the molecule is O=C(O)c1cc(Cl)ccc1Cc1ccc(-c2cccc3ncccc23)nc1. The molecule has 0 saturated carbocycles. The molecule has 5 heteroatoms. The minimum Gasteiger partial charge on any atom is -0.478 e. The molecule has 132 valence electrons. The first kappa shape index (κ1) is 17.2. The lowest BCUT2D eigenvalue weighted by atomic mass is 9.99. The summed E-state index contributed by atoms with van der Waals surface area (Å²) in [4.78, 5) is 20.4. The number of hydrogen-bond acceptors (Lipinski definition) is 3. The number of nitrogens with zero attached hydrogens (tertiary/aromatic N) is 2. The van der Waals surface area contributed by atoms with Crippen molar-refractivity contribution in [2.24, 2.45) is 0 Å². The molecular weight excluding hydrogens is 360 g/mol. The van der Waals surface area contributed by atoms with Crippen LogP contribution in [0.4, 0.5) is 0 Å². The Balaban J connectivity index is 1.66. The van der Waals surface area contributed by atoms with E-state index in [0.29, 0.717) is 17.0 Å². The van der Waals surface area contributed by atoms with Crippen LogP contribution in [-0.4, -0.2) is 21.0 Å². The molecule has 1 N–H and O–H groups in total. The monoisotopic (exact) mass is 374 g/mol. The molecule has 0 fully saturated rings. The second kappa shape index (κ2) is 7.17. The Kier molecular flexibility index (Phi) is 4.57. The molecule has 2 aromatic heterocycles. The molecule has 0 spiro atoms. The van der Waals surface area contributed by atoms with E-state index in [1.165, 1.54) is 6.07 Å². The zero-order valence-electron chi connectivity index (χ0n) is 14.3. The maximum absolute atomic E-state index is 11.4. The summed E-state index contributed by atoms with van der Waals surface area (Å²) in [6, 6.07) is 18.7. The summed E-state index contributed by atoms with van der Waals surface area (Å²) in [5.41, 5.74) is 4.65. The summed E-state index contributed by atoms with van der Waals surface area (Å²) in [6.45, 7) is 0. The molecule has 0 bridgehead atoms. The van der Waals surface area contributed by atoms with Gasteiger partial charge in [0.25, 0.3) is 0 Å². The molecule has 0 amide bonds. The Morgan fingerprint density at radius 2 is 1.89 bits per heavy atom. The number of benzene rings is 2. The minimum atomic E-state index is -0.986. The Labute approximate surface area is 161 Å². The molecule has 4 aromatic rings. The van der Waals surface area contributed by atoms with Gasteiger partial charge in [0.2, 0.25) is 0 Å². The molecule has 0 atom stereocenters. The fraction of sp³-hybridized carbons (Fsp3) is 0.0455. The number of pyridine rings is 2. The number of aromatic carboxylic acids is 1.